The van der Waals surface area contributed by atoms with E-state index in [-0.39, 0.29) is 5.60 Å². The zero-order valence-electron chi connectivity index (χ0n) is 13.8. The van der Waals surface area contributed by atoms with Crippen molar-refractivity contribution in [2.75, 3.05) is 19.7 Å². The van der Waals surface area contributed by atoms with Crippen LogP contribution in [0.4, 0.5) is 4.79 Å². The molecule has 0 aliphatic heterocycles. The molecule has 0 aromatic heterocycles. The zero-order valence-corrected chi connectivity index (χ0v) is 13.8. The van der Waals surface area contributed by atoms with Crippen molar-refractivity contribution in [1.82, 2.24) is 5.32 Å². The Hall–Kier alpha value is -1.46. The molecular formula is C14H28N4O3. The number of hydrogen-bond donors (Lipinski definition) is 1. The van der Waals surface area contributed by atoms with Crippen LogP contribution in [0.25, 0.3) is 10.4 Å². The number of hydrogen-bond acceptors (Lipinski definition) is 4. The van der Waals surface area contributed by atoms with Gasteiger partial charge < -0.3 is 14.8 Å². The molecule has 21 heavy (non-hydrogen) atoms. The van der Waals surface area contributed by atoms with Crippen LogP contribution in [0.5, 0.6) is 0 Å². The summed E-state index contributed by atoms with van der Waals surface area (Å²) in [5.41, 5.74) is 7.38. The molecule has 0 rings (SSSR count). The van der Waals surface area contributed by atoms with Crippen LogP contribution in [-0.2, 0) is 9.47 Å². The van der Waals surface area contributed by atoms with Crippen LogP contribution in [0.15, 0.2) is 5.11 Å². The third-order valence-electron chi connectivity index (χ3n) is 3.18. The van der Waals surface area contributed by atoms with Crippen molar-refractivity contribution < 1.29 is 14.3 Å². The summed E-state index contributed by atoms with van der Waals surface area (Å²) in [5, 5.41) is 6.02. The van der Waals surface area contributed by atoms with E-state index >= 15 is 0 Å². The van der Waals surface area contributed by atoms with Crippen molar-refractivity contribution in [3.05, 3.63) is 10.4 Å². The van der Waals surface area contributed by atoms with Crippen LogP contribution >= 0.6 is 0 Å². The fourth-order valence-corrected chi connectivity index (χ4v) is 1.40. The van der Waals surface area contributed by atoms with Gasteiger partial charge >= 0.3 is 6.09 Å². The van der Waals surface area contributed by atoms with E-state index < -0.39 is 11.7 Å². The summed E-state index contributed by atoms with van der Waals surface area (Å²) in [6, 6.07) is 0. The fourth-order valence-electron chi connectivity index (χ4n) is 1.40. The SMILES string of the molecule is CCC(C)(C)OCCC(C)(C)OC(=O)NCCCN=[N+]=[N-]. The third kappa shape index (κ3) is 10.9. The second-order valence-electron chi connectivity index (χ2n) is 6.10. The van der Waals surface area contributed by atoms with E-state index in [9.17, 15) is 4.79 Å². The summed E-state index contributed by atoms with van der Waals surface area (Å²) in [5.74, 6) is 0. The van der Waals surface area contributed by atoms with Gasteiger partial charge in [0.2, 0.25) is 0 Å². The lowest BCUT2D eigenvalue weighted by Gasteiger charge is -2.28. The molecule has 1 N–H and O–H groups in total. The molecule has 0 saturated carbocycles. The first kappa shape index (κ1) is 19.5. The highest BCUT2D eigenvalue weighted by molar-refractivity contribution is 5.67. The van der Waals surface area contributed by atoms with E-state index in [0.717, 1.165) is 6.42 Å². The van der Waals surface area contributed by atoms with Crippen molar-refractivity contribution >= 4 is 6.09 Å². The Morgan fingerprint density at radius 3 is 2.52 bits per heavy atom. The summed E-state index contributed by atoms with van der Waals surface area (Å²) in [6.07, 6.45) is 1.69. The molecule has 0 unspecified atom stereocenters. The molecule has 0 radical (unpaired) electrons. The second kappa shape index (κ2) is 9.47. The highest BCUT2D eigenvalue weighted by Crippen LogP contribution is 2.19. The molecule has 0 aromatic carbocycles. The number of ether oxygens (including phenoxy) is 2. The van der Waals surface area contributed by atoms with Gasteiger partial charge in [-0.1, -0.05) is 12.0 Å². The topological polar surface area (TPSA) is 96.3 Å². The van der Waals surface area contributed by atoms with Crippen LogP contribution in [0.1, 0.15) is 53.9 Å². The smallest absolute Gasteiger partial charge is 0.407 e. The van der Waals surface area contributed by atoms with Crippen LogP contribution in [0.2, 0.25) is 0 Å². The van der Waals surface area contributed by atoms with Gasteiger partial charge in [0.1, 0.15) is 5.60 Å². The lowest BCUT2D eigenvalue weighted by molar-refractivity contribution is -0.0508. The molecule has 7 nitrogen and oxygen atoms in total. The summed E-state index contributed by atoms with van der Waals surface area (Å²) >= 11 is 0. The Labute approximate surface area is 127 Å². The summed E-state index contributed by atoms with van der Waals surface area (Å²) in [6.45, 7) is 11.2. The maximum absolute atomic E-state index is 11.6. The van der Waals surface area contributed by atoms with Crippen molar-refractivity contribution in [2.24, 2.45) is 5.11 Å². The van der Waals surface area contributed by atoms with Gasteiger partial charge in [0, 0.05) is 24.4 Å². The first-order chi connectivity index (χ1) is 9.72. The standard InChI is InChI=1S/C14H28N4O3/c1-6-13(2,3)20-11-8-14(4,5)21-12(19)16-9-7-10-17-18-15/h6-11H2,1-5H3,(H,16,19). The minimum atomic E-state index is -0.585. The predicted octanol–water partition coefficient (Wildman–Crippen LogP) is 3.79. The normalized spacial score (nSPS) is 11.7. The van der Waals surface area contributed by atoms with Crippen molar-refractivity contribution in [3.8, 4) is 0 Å². The monoisotopic (exact) mass is 300 g/mol. The van der Waals surface area contributed by atoms with Gasteiger partial charge in [-0.05, 0) is 46.1 Å². The van der Waals surface area contributed by atoms with Crippen LogP contribution < -0.4 is 5.32 Å². The minimum Gasteiger partial charge on any atom is -0.443 e. The quantitative estimate of drug-likeness (QED) is 0.288. The first-order valence-electron chi connectivity index (χ1n) is 7.34. The molecule has 0 aliphatic carbocycles. The Morgan fingerprint density at radius 1 is 1.29 bits per heavy atom. The van der Waals surface area contributed by atoms with Gasteiger partial charge in [0.15, 0.2) is 0 Å². The number of rotatable bonds is 10. The Morgan fingerprint density at radius 2 is 1.95 bits per heavy atom. The Bertz CT molecular complexity index is 363. The van der Waals surface area contributed by atoms with E-state index in [0.29, 0.717) is 32.5 Å². The molecule has 1 amide bonds. The second-order valence-corrected chi connectivity index (χ2v) is 6.10. The molecule has 0 aromatic rings. The summed E-state index contributed by atoms with van der Waals surface area (Å²) in [4.78, 5) is 14.3. The average Bonchev–Trinajstić information content (AvgIpc) is 2.37. The van der Waals surface area contributed by atoms with Gasteiger partial charge in [0.05, 0.1) is 12.2 Å². The largest absolute Gasteiger partial charge is 0.443 e. The maximum Gasteiger partial charge on any atom is 0.407 e. The molecule has 0 bridgehead atoms. The predicted molar refractivity (Wildman–Crippen MR) is 82.1 cm³/mol. The van der Waals surface area contributed by atoms with Gasteiger partial charge in [0.25, 0.3) is 0 Å². The molecule has 0 saturated heterocycles. The van der Waals surface area contributed by atoms with Crippen molar-refractivity contribution in [1.29, 1.82) is 0 Å². The van der Waals surface area contributed by atoms with E-state index in [2.05, 4.69) is 22.3 Å². The van der Waals surface area contributed by atoms with Gasteiger partial charge in [-0.3, -0.25) is 0 Å². The maximum atomic E-state index is 11.6. The molecule has 122 valence electrons. The fraction of sp³-hybridized carbons (Fsp3) is 0.929. The van der Waals surface area contributed by atoms with Crippen LogP contribution in [0, 0.1) is 0 Å². The Kier molecular flexibility index (Phi) is 8.81. The van der Waals surface area contributed by atoms with Gasteiger partial charge in [-0.25, -0.2) is 4.79 Å². The number of azide groups is 1. The number of alkyl carbamates (subject to hydrolysis) is 1. The third-order valence-corrected chi connectivity index (χ3v) is 3.18. The van der Waals surface area contributed by atoms with E-state index in [4.69, 9.17) is 15.0 Å². The summed E-state index contributed by atoms with van der Waals surface area (Å²) in [7, 11) is 0. The molecule has 7 heteroatoms. The number of nitrogens with one attached hydrogen (secondary N) is 1. The van der Waals surface area contributed by atoms with Gasteiger partial charge in [-0.15, -0.1) is 0 Å². The minimum absolute atomic E-state index is 0.153. The molecule has 0 spiro atoms. The highest BCUT2D eigenvalue weighted by atomic mass is 16.6. The van der Waals surface area contributed by atoms with Gasteiger partial charge in [-0.2, -0.15) is 0 Å². The highest BCUT2D eigenvalue weighted by Gasteiger charge is 2.24. The Balaban J connectivity index is 3.93. The number of carbonyl (C=O) groups is 1. The molecule has 0 atom stereocenters. The average molecular weight is 300 g/mol. The van der Waals surface area contributed by atoms with E-state index in [1.165, 1.54) is 0 Å². The first-order valence-corrected chi connectivity index (χ1v) is 7.34. The number of nitrogens with zero attached hydrogens (tertiary/aromatic N) is 3. The number of amides is 1. The zero-order chi connectivity index (χ0) is 16.4. The molecular weight excluding hydrogens is 272 g/mol. The number of carbonyl (C=O) groups excluding carboxylic acids is 1. The molecule has 0 aliphatic rings. The molecule has 0 heterocycles. The van der Waals surface area contributed by atoms with E-state index in [1.807, 2.05) is 27.7 Å². The van der Waals surface area contributed by atoms with Crippen molar-refractivity contribution in [2.45, 2.75) is 65.1 Å². The summed E-state index contributed by atoms with van der Waals surface area (Å²) < 4.78 is 11.1. The lowest BCUT2D eigenvalue weighted by Crippen LogP contribution is -2.37. The van der Waals surface area contributed by atoms with Crippen molar-refractivity contribution in [3.63, 3.8) is 0 Å². The molecule has 0 fully saturated rings. The van der Waals surface area contributed by atoms with Crippen LogP contribution in [-0.4, -0.2) is 37.0 Å². The lowest BCUT2D eigenvalue weighted by atomic mass is 10.0. The van der Waals surface area contributed by atoms with Crippen LogP contribution in [0.3, 0.4) is 0 Å². The van der Waals surface area contributed by atoms with E-state index in [1.54, 1.807) is 0 Å².